The van der Waals surface area contributed by atoms with Gasteiger partial charge in [0, 0.05) is 56.2 Å². The minimum Gasteiger partial charge on any atom is -0.368 e. The summed E-state index contributed by atoms with van der Waals surface area (Å²) in [4.78, 5) is 42.5. The molecule has 0 fully saturated rings. The van der Waals surface area contributed by atoms with Crippen molar-refractivity contribution in [3.8, 4) is 11.4 Å². The summed E-state index contributed by atoms with van der Waals surface area (Å²) in [7, 11) is 0. The van der Waals surface area contributed by atoms with Gasteiger partial charge in [0.05, 0.1) is 10.5 Å². The molecule has 12 heteroatoms. The number of hydrogen-bond acceptors (Lipinski definition) is 9. The molecule has 11 nitrogen and oxygen atoms in total. The molecule has 0 unspecified atom stereocenters. The lowest BCUT2D eigenvalue weighted by molar-refractivity contribution is -0.380. The second-order valence-corrected chi connectivity index (χ2v) is 7.74. The number of carbonyl (C=O) groups excluding carboxylic acids is 2. The number of hydrogen-bond donors (Lipinski definition) is 4. The molecule has 0 aliphatic rings. The van der Waals surface area contributed by atoms with E-state index in [-0.39, 0.29) is 22.4 Å². The third kappa shape index (κ3) is 7.25. The maximum Gasteiger partial charge on any atom is 0.324 e. The van der Waals surface area contributed by atoms with E-state index in [1.54, 1.807) is 6.07 Å². The first-order valence-corrected chi connectivity index (χ1v) is 11.0. The summed E-state index contributed by atoms with van der Waals surface area (Å²) in [6, 6.07) is 12.5. The van der Waals surface area contributed by atoms with Gasteiger partial charge in [0.15, 0.2) is 5.82 Å². The summed E-state index contributed by atoms with van der Waals surface area (Å²) in [5, 5.41) is 23.9. The van der Waals surface area contributed by atoms with Gasteiger partial charge < -0.3 is 21.3 Å². The van der Waals surface area contributed by atoms with Crippen LogP contribution in [0.3, 0.4) is 0 Å². The van der Waals surface area contributed by atoms with Crippen LogP contribution < -0.4 is 21.3 Å². The Morgan fingerprint density at radius 2 is 1.61 bits per heavy atom. The van der Waals surface area contributed by atoms with Crippen LogP contribution in [0.2, 0.25) is 0 Å². The Morgan fingerprint density at radius 3 is 2.18 bits per heavy atom. The summed E-state index contributed by atoms with van der Waals surface area (Å²) >= 11 is 0.910. The molecule has 0 spiro atoms. The van der Waals surface area contributed by atoms with Crippen molar-refractivity contribution in [2.24, 2.45) is 0 Å². The normalized spacial score (nSPS) is 10.3. The molecule has 172 valence electrons. The lowest BCUT2D eigenvalue weighted by atomic mass is 10.2. The van der Waals surface area contributed by atoms with E-state index in [1.807, 2.05) is 30.3 Å². The molecule has 1 aromatic carbocycles. The molecule has 0 radical (unpaired) electrons. The van der Waals surface area contributed by atoms with Crippen LogP contribution in [0.4, 0.5) is 16.6 Å². The van der Waals surface area contributed by atoms with Crippen LogP contribution in [0.15, 0.2) is 47.8 Å². The zero-order valence-electron chi connectivity index (χ0n) is 17.8. The van der Waals surface area contributed by atoms with Gasteiger partial charge in [-0.05, 0) is 0 Å². The van der Waals surface area contributed by atoms with Crippen LogP contribution in [-0.2, 0) is 4.79 Å². The van der Waals surface area contributed by atoms with Crippen LogP contribution >= 0.6 is 11.3 Å². The minimum atomic E-state index is -0.524. The number of rotatable bonds is 11. The predicted molar refractivity (Wildman–Crippen MR) is 126 cm³/mol. The zero-order valence-corrected chi connectivity index (χ0v) is 18.6. The maximum absolute atomic E-state index is 12.2. The Morgan fingerprint density at radius 1 is 0.970 bits per heavy atom. The van der Waals surface area contributed by atoms with Gasteiger partial charge in [0.2, 0.25) is 5.91 Å². The number of benzene rings is 1. The number of carbonyl (C=O) groups is 2. The molecule has 0 bridgehead atoms. The average molecular weight is 470 g/mol. The molecular weight excluding hydrogens is 446 g/mol. The first-order chi connectivity index (χ1) is 15.9. The van der Waals surface area contributed by atoms with Crippen LogP contribution in [0.5, 0.6) is 0 Å². The number of nitrogens with one attached hydrogen (secondary N) is 4. The lowest BCUT2D eigenvalue weighted by Gasteiger charge is -2.12. The third-order valence-electron chi connectivity index (χ3n) is 4.31. The fourth-order valence-electron chi connectivity index (χ4n) is 2.78. The SMILES string of the molecule is CC(=O)NCCNc1cc(NCCNC(=O)c2csc([N+](=O)[O-])c2)nc(-c2ccccc2)n1. The lowest BCUT2D eigenvalue weighted by Crippen LogP contribution is -2.28. The number of anilines is 2. The van der Waals surface area contributed by atoms with E-state index in [2.05, 4.69) is 31.2 Å². The van der Waals surface area contributed by atoms with Gasteiger partial charge in [-0.25, -0.2) is 9.97 Å². The van der Waals surface area contributed by atoms with Gasteiger partial charge in [-0.1, -0.05) is 41.7 Å². The van der Waals surface area contributed by atoms with Crippen LogP contribution in [0, 0.1) is 10.1 Å². The molecule has 0 aliphatic heterocycles. The van der Waals surface area contributed by atoms with Gasteiger partial charge in [-0.2, -0.15) is 0 Å². The molecular formula is C21H23N7O4S. The Bertz CT molecular complexity index is 1120. The van der Waals surface area contributed by atoms with Gasteiger partial charge in [0.25, 0.3) is 5.91 Å². The van der Waals surface area contributed by atoms with E-state index in [9.17, 15) is 19.7 Å². The molecule has 3 aromatic rings. The van der Waals surface area contributed by atoms with Crippen molar-refractivity contribution in [3.63, 3.8) is 0 Å². The molecule has 33 heavy (non-hydrogen) atoms. The Balaban J connectivity index is 1.60. The highest BCUT2D eigenvalue weighted by molar-refractivity contribution is 7.13. The molecule has 2 aromatic heterocycles. The summed E-state index contributed by atoms with van der Waals surface area (Å²) in [5.74, 6) is 1.19. The van der Waals surface area contributed by atoms with Crippen LogP contribution in [0.25, 0.3) is 11.4 Å². The highest BCUT2D eigenvalue weighted by Gasteiger charge is 2.14. The zero-order chi connectivity index (χ0) is 23.6. The van der Waals surface area contributed by atoms with E-state index < -0.39 is 4.92 Å². The number of amides is 2. The second-order valence-electron chi connectivity index (χ2n) is 6.85. The summed E-state index contributed by atoms with van der Waals surface area (Å²) < 4.78 is 0. The molecule has 0 saturated heterocycles. The van der Waals surface area contributed by atoms with E-state index in [4.69, 9.17) is 0 Å². The summed E-state index contributed by atoms with van der Waals surface area (Å²) in [6.45, 7) is 3.08. The topological polar surface area (TPSA) is 151 Å². The van der Waals surface area contributed by atoms with Crippen molar-refractivity contribution in [1.29, 1.82) is 0 Å². The van der Waals surface area contributed by atoms with E-state index in [0.717, 1.165) is 16.9 Å². The van der Waals surface area contributed by atoms with Crippen molar-refractivity contribution >= 4 is 39.8 Å². The smallest absolute Gasteiger partial charge is 0.324 e. The molecule has 2 amide bonds. The highest BCUT2D eigenvalue weighted by atomic mass is 32.1. The quantitative estimate of drug-likeness (QED) is 0.190. The van der Waals surface area contributed by atoms with Gasteiger partial charge in [-0.3, -0.25) is 19.7 Å². The van der Waals surface area contributed by atoms with Crippen molar-refractivity contribution < 1.29 is 14.5 Å². The number of nitrogens with zero attached hydrogens (tertiary/aromatic N) is 3. The Hall–Kier alpha value is -4.06. The summed E-state index contributed by atoms with van der Waals surface area (Å²) in [6.07, 6.45) is 0. The molecule has 0 aliphatic carbocycles. The maximum atomic E-state index is 12.2. The van der Waals surface area contributed by atoms with Gasteiger partial charge in [0.1, 0.15) is 11.6 Å². The van der Waals surface area contributed by atoms with Crippen LogP contribution in [-0.4, -0.2) is 52.9 Å². The number of thiophene rings is 1. The predicted octanol–water partition coefficient (Wildman–Crippen LogP) is 2.50. The largest absolute Gasteiger partial charge is 0.368 e. The molecule has 3 rings (SSSR count). The minimum absolute atomic E-state index is 0.0776. The van der Waals surface area contributed by atoms with E-state index in [0.29, 0.717) is 43.6 Å². The fourth-order valence-corrected chi connectivity index (χ4v) is 3.49. The highest BCUT2D eigenvalue weighted by Crippen LogP contribution is 2.22. The Labute approximate surface area is 193 Å². The van der Waals surface area contributed by atoms with Crippen molar-refractivity contribution in [3.05, 3.63) is 63.5 Å². The fraction of sp³-hybridized carbons (Fsp3) is 0.238. The van der Waals surface area contributed by atoms with Gasteiger partial charge >= 0.3 is 5.00 Å². The Kier molecular flexibility index (Phi) is 8.24. The molecule has 4 N–H and O–H groups in total. The third-order valence-corrected chi connectivity index (χ3v) is 5.19. The van der Waals surface area contributed by atoms with E-state index >= 15 is 0 Å². The standard InChI is InChI=1S/C21H23N7O4S/c1-14(29)22-7-8-23-17-12-18(27-20(26-17)15-5-3-2-4-6-15)24-9-10-25-21(30)16-11-19(28(31)32)33-13-16/h2-6,11-13H,7-10H2,1H3,(H,22,29)(H,25,30)(H2,23,24,26,27). The van der Waals surface area contributed by atoms with E-state index in [1.165, 1.54) is 18.4 Å². The monoisotopic (exact) mass is 469 g/mol. The number of aromatic nitrogens is 2. The van der Waals surface area contributed by atoms with Crippen LogP contribution in [0.1, 0.15) is 17.3 Å². The average Bonchev–Trinajstić information content (AvgIpc) is 3.31. The molecule has 2 heterocycles. The first-order valence-electron chi connectivity index (χ1n) is 10.1. The van der Waals surface area contributed by atoms with Crippen molar-refractivity contribution in [2.75, 3.05) is 36.8 Å². The van der Waals surface area contributed by atoms with Crippen molar-refractivity contribution in [2.45, 2.75) is 6.92 Å². The molecule has 0 atom stereocenters. The van der Waals surface area contributed by atoms with Crippen molar-refractivity contribution in [1.82, 2.24) is 20.6 Å². The first kappa shape index (κ1) is 23.6. The summed E-state index contributed by atoms with van der Waals surface area (Å²) in [5.41, 5.74) is 1.10. The second kappa shape index (κ2) is 11.5. The van der Waals surface area contributed by atoms with Gasteiger partial charge in [-0.15, -0.1) is 0 Å². The molecule has 0 saturated carbocycles. The number of nitro groups is 1.